The molecule has 1 aliphatic rings. The number of nitrogens with one attached hydrogen (secondary N) is 2. The molecule has 2 N–H and O–H groups in total. The van der Waals surface area contributed by atoms with Crippen LogP contribution < -0.4 is 10.2 Å². The number of hydrogen-bond acceptors (Lipinski definition) is 2. The molecule has 1 aromatic carbocycles. The lowest BCUT2D eigenvalue weighted by Crippen LogP contribution is -3.15. The van der Waals surface area contributed by atoms with Gasteiger partial charge in [0.2, 0.25) is 0 Å². The van der Waals surface area contributed by atoms with Gasteiger partial charge in [-0.1, -0.05) is 6.07 Å². The molecule has 0 saturated carbocycles. The first-order valence-electron chi connectivity index (χ1n) is 8.99. The van der Waals surface area contributed by atoms with Gasteiger partial charge in [0, 0.05) is 17.8 Å². The van der Waals surface area contributed by atoms with Crippen molar-refractivity contribution in [1.82, 2.24) is 4.90 Å². The van der Waals surface area contributed by atoms with E-state index in [0.29, 0.717) is 5.69 Å². The molecule has 0 aliphatic carbocycles. The smallest absolute Gasteiger partial charge is 0.281 e. The zero-order valence-electron chi connectivity index (χ0n) is 15.5. The number of carbonyl (C=O) groups excluding carboxylic acids is 2. The third-order valence-corrected chi connectivity index (χ3v) is 5.11. The number of piperidine rings is 1. The zero-order chi connectivity index (χ0) is 18.6. The Labute approximate surface area is 149 Å². The van der Waals surface area contributed by atoms with E-state index in [0.717, 1.165) is 24.2 Å². The minimum absolute atomic E-state index is 0.0933. The van der Waals surface area contributed by atoms with Crippen molar-refractivity contribution in [3.8, 4) is 0 Å². The second-order valence-electron chi connectivity index (χ2n) is 7.18. The van der Waals surface area contributed by atoms with E-state index in [-0.39, 0.29) is 36.5 Å². The van der Waals surface area contributed by atoms with Crippen LogP contribution >= 0.6 is 0 Å². The Morgan fingerprint density at radius 2 is 1.96 bits per heavy atom. The molecule has 0 bridgehead atoms. The van der Waals surface area contributed by atoms with Gasteiger partial charge in [0.05, 0.1) is 7.05 Å². The van der Waals surface area contributed by atoms with Crippen LogP contribution in [0.5, 0.6) is 0 Å². The normalized spacial score (nSPS) is 23.0. The lowest BCUT2D eigenvalue weighted by molar-refractivity contribution is -0.886. The fourth-order valence-corrected chi connectivity index (χ4v) is 3.47. The lowest BCUT2D eigenvalue weighted by atomic mass is 9.96. The van der Waals surface area contributed by atoms with Crippen molar-refractivity contribution >= 4 is 17.5 Å². The van der Waals surface area contributed by atoms with Crippen molar-refractivity contribution in [3.05, 3.63) is 30.1 Å². The second-order valence-corrected chi connectivity index (χ2v) is 7.18. The Morgan fingerprint density at radius 1 is 1.32 bits per heavy atom. The predicted molar refractivity (Wildman–Crippen MR) is 95.9 cm³/mol. The molecule has 0 radical (unpaired) electrons. The number of likely N-dealkylation sites (tertiary alicyclic amines) is 1. The SMILES string of the molecule is C[C@@H]1CCC[C@@H](C)N1C(=O)[C@@H](C)[NH+](C)CC(=O)Nc1cccc(F)c1. The number of halogens is 1. The summed E-state index contributed by atoms with van der Waals surface area (Å²) in [6, 6.07) is 5.98. The average molecular weight is 350 g/mol. The van der Waals surface area contributed by atoms with Crippen molar-refractivity contribution in [3.63, 3.8) is 0 Å². The van der Waals surface area contributed by atoms with Gasteiger partial charge in [-0.25, -0.2) is 4.39 Å². The Hall–Kier alpha value is -1.95. The summed E-state index contributed by atoms with van der Waals surface area (Å²) in [6.45, 7) is 6.19. The van der Waals surface area contributed by atoms with Gasteiger partial charge in [0.25, 0.3) is 11.8 Å². The van der Waals surface area contributed by atoms with Crippen LogP contribution in [0.2, 0.25) is 0 Å². The van der Waals surface area contributed by atoms with Crippen molar-refractivity contribution in [2.24, 2.45) is 0 Å². The Kier molecular flexibility index (Phi) is 6.53. The molecule has 1 aliphatic heterocycles. The maximum atomic E-state index is 13.2. The van der Waals surface area contributed by atoms with Gasteiger partial charge in [0.1, 0.15) is 5.82 Å². The quantitative estimate of drug-likeness (QED) is 0.845. The van der Waals surface area contributed by atoms with E-state index in [1.54, 1.807) is 12.1 Å². The Morgan fingerprint density at radius 3 is 2.56 bits per heavy atom. The zero-order valence-corrected chi connectivity index (χ0v) is 15.5. The minimum atomic E-state index is -0.393. The molecule has 1 saturated heterocycles. The van der Waals surface area contributed by atoms with Crippen molar-refractivity contribution in [1.29, 1.82) is 0 Å². The molecular formula is C19H29FN3O2+. The predicted octanol–water partition coefficient (Wildman–Crippen LogP) is 1.46. The summed E-state index contributed by atoms with van der Waals surface area (Å²) in [7, 11) is 1.84. The Balaban J connectivity index is 1.93. The topological polar surface area (TPSA) is 53.9 Å². The molecule has 5 nitrogen and oxygen atoms in total. The number of hydrogen-bond donors (Lipinski definition) is 2. The first-order chi connectivity index (χ1) is 11.8. The summed E-state index contributed by atoms with van der Waals surface area (Å²) in [5.41, 5.74) is 0.426. The first-order valence-corrected chi connectivity index (χ1v) is 8.99. The van der Waals surface area contributed by atoms with E-state index >= 15 is 0 Å². The van der Waals surface area contributed by atoms with Crippen LogP contribution in [0.1, 0.15) is 40.0 Å². The largest absolute Gasteiger partial charge is 0.332 e. The fraction of sp³-hybridized carbons (Fsp3) is 0.579. The van der Waals surface area contributed by atoms with Crippen LogP contribution in [0.3, 0.4) is 0 Å². The van der Waals surface area contributed by atoms with E-state index in [4.69, 9.17) is 0 Å². The van der Waals surface area contributed by atoms with E-state index in [1.165, 1.54) is 12.1 Å². The van der Waals surface area contributed by atoms with Crippen LogP contribution in [0.25, 0.3) is 0 Å². The standard InChI is InChI=1S/C19H28FN3O2/c1-13-7-5-8-14(2)23(13)19(25)15(3)22(4)12-18(24)21-17-10-6-9-16(20)11-17/h6,9-11,13-15H,5,7-8,12H2,1-4H3,(H,21,24)/p+1/t13-,14-,15-/m1/s1. The third kappa shape index (κ3) is 5.01. The molecule has 2 rings (SSSR count). The summed E-state index contributed by atoms with van der Waals surface area (Å²) in [6.07, 6.45) is 3.21. The molecule has 6 heteroatoms. The van der Waals surface area contributed by atoms with E-state index < -0.39 is 5.82 Å². The van der Waals surface area contributed by atoms with Crippen molar-refractivity contribution in [2.45, 2.75) is 58.2 Å². The lowest BCUT2D eigenvalue weighted by Gasteiger charge is -2.40. The fourth-order valence-electron chi connectivity index (χ4n) is 3.47. The molecule has 138 valence electrons. The van der Waals surface area contributed by atoms with Crippen LogP contribution in [0.15, 0.2) is 24.3 Å². The molecular weight excluding hydrogens is 321 g/mol. The molecule has 0 aromatic heterocycles. The first kappa shape index (κ1) is 19.4. The Bertz CT molecular complexity index is 612. The number of amides is 2. The van der Waals surface area contributed by atoms with Crippen LogP contribution in [0.4, 0.5) is 10.1 Å². The maximum Gasteiger partial charge on any atom is 0.281 e. The highest BCUT2D eigenvalue weighted by molar-refractivity contribution is 5.91. The third-order valence-electron chi connectivity index (χ3n) is 5.11. The molecule has 0 spiro atoms. The molecule has 25 heavy (non-hydrogen) atoms. The number of quaternary nitrogens is 1. The highest BCUT2D eigenvalue weighted by Gasteiger charge is 2.35. The molecule has 2 amide bonds. The van der Waals surface area contributed by atoms with Gasteiger partial charge in [-0.2, -0.15) is 0 Å². The number of likely N-dealkylation sites (N-methyl/N-ethyl adjacent to an activating group) is 1. The number of benzene rings is 1. The van der Waals surface area contributed by atoms with Crippen LogP contribution in [-0.2, 0) is 9.59 Å². The number of carbonyl (C=O) groups is 2. The van der Waals surface area contributed by atoms with Gasteiger partial charge in [-0.3, -0.25) is 9.59 Å². The van der Waals surface area contributed by atoms with Gasteiger partial charge in [0.15, 0.2) is 12.6 Å². The van der Waals surface area contributed by atoms with Gasteiger partial charge in [-0.05, 0) is 58.2 Å². The summed E-state index contributed by atoms with van der Waals surface area (Å²) in [4.78, 5) is 27.9. The molecule has 4 atom stereocenters. The number of nitrogens with zero attached hydrogens (tertiary/aromatic N) is 1. The van der Waals surface area contributed by atoms with Gasteiger partial charge >= 0.3 is 0 Å². The molecule has 1 fully saturated rings. The average Bonchev–Trinajstić information content (AvgIpc) is 2.53. The van der Waals surface area contributed by atoms with Crippen LogP contribution in [-0.4, -0.2) is 48.4 Å². The van der Waals surface area contributed by atoms with Crippen molar-refractivity contribution in [2.75, 3.05) is 18.9 Å². The summed E-state index contributed by atoms with van der Waals surface area (Å²) < 4.78 is 13.2. The molecule has 1 aromatic rings. The minimum Gasteiger partial charge on any atom is -0.332 e. The van der Waals surface area contributed by atoms with Crippen LogP contribution in [0, 0.1) is 5.82 Å². The summed E-state index contributed by atoms with van der Waals surface area (Å²) in [5.74, 6) is -0.534. The summed E-state index contributed by atoms with van der Waals surface area (Å²) >= 11 is 0. The second kappa shape index (κ2) is 8.43. The molecule has 1 unspecified atom stereocenters. The summed E-state index contributed by atoms with van der Waals surface area (Å²) in [5, 5.41) is 2.68. The highest BCUT2D eigenvalue weighted by atomic mass is 19.1. The van der Waals surface area contributed by atoms with Gasteiger partial charge in [-0.15, -0.1) is 0 Å². The van der Waals surface area contributed by atoms with E-state index in [9.17, 15) is 14.0 Å². The van der Waals surface area contributed by atoms with Crippen molar-refractivity contribution < 1.29 is 18.9 Å². The van der Waals surface area contributed by atoms with E-state index in [2.05, 4.69) is 19.2 Å². The van der Waals surface area contributed by atoms with E-state index in [1.807, 2.05) is 18.9 Å². The maximum absolute atomic E-state index is 13.2. The van der Waals surface area contributed by atoms with Gasteiger partial charge < -0.3 is 15.1 Å². The molecule has 1 heterocycles. The highest BCUT2D eigenvalue weighted by Crippen LogP contribution is 2.22. The number of rotatable bonds is 5. The monoisotopic (exact) mass is 350 g/mol. The number of anilines is 1.